The third-order valence-corrected chi connectivity index (χ3v) is 4.15. The van der Waals surface area contributed by atoms with Crippen LogP contribution in [-0.2, 0) is 11.2 Å². The number of hydrogen-bond acceptors (Lipinski definition) is 2. The van der Waals surface area contributed by atoms with E-state index in [4.69, 9.17) is 0 Å². The molecule has 0 amide bonds. The molecule has 1 aromatic heterocycles. The fourth-order valence-electron chi connectivity index (χ4n) is 2.64. The summed E-state index contributed by atoms with van der Waals surface area (Å²) in [5.41, 5.74) is 1.02. The second-order valence-electron chi connectivity index (χ2n) is 4.94. The van der Waals surface area contributed by atoms with Crippen molar-refractivity contribution in [2.24, 2.45) is 11.8 Å². The molecule has 1 aliphatic carbocycles. The van der Waals surface area contributed by atoms with Gasteiger partial charge in [0.05, 0.1) is 0 Å². The van der Waals surface area contributed by atoms with Crippen molar-refractivity contribution in [1.82, 2.24) is 4.98 Å². The van der Waals surface area contributed by atoms with E-state index in [0.29, 0.717) is 18.1 Å². The van der Waals surface area contributed by atoms with Crippen LogP contribution in [0.3, 0.4) is 0 Å². The molecule has 2 atom stereocenters. The second-order valence-corrected chi connectivity index (χ2v) is 5.85. The Kier molecular flexibility index (Phi) is 4.32. The number of ketones is 1. The van der Waals surface area contributed by atoms with Gasteiger partial charge in [-0.15, -0.1) is 0 Å². The molecule has 2 unspecified atom stereocenters. The molecular formula is C14H18BrNO. The third-order valence-electron chi connectivity index (χ3n) is 3.71. The van der Waals surface area contributed by atoms with Crippen molar-refractivity contribution < 1.29 is 4.79 Å². The largest absolute Gasteiger partial charge is 0.299 e. The summed E-state index contributed by atoms with van der Waals surface area (Å²) in [6.45, 7) is 2.22. The Morgan fingerprint density at radius 2 is 2.29 bits per heavy atom. The summed E-state index contributed by atoms with van der Waals surface area (Å²) in [6, 6.07) is 1.98. The predicted octanol–water partition coefficient (Wildman–Crippen LogP) is 3.78. The average Bonchev–Trinajstić information content (AvgIpc) is 2.77. The van der Waals surface area contributed by atoms with Gasteiger partial charge in [-0.1, -0.05) is 13.3 Å². The Hall–Kier alpha value is -0.700. The van der Waals surface area contributed by atoms with Crippen LogP contribution in [-0.4, -0.2) is 10.8 Å². The van der Waals surface area contributed by atoms with Gasteiger partial charge < -0.3 is 0 Å². The quantitative estimate of drug-likeness (QED) is 0.846. The van der Waals surface area contributed by atoms with E-state index in [1.54, 1.807) is 12.4 Å². The molecule has 1 aromatic rings. The van der Waals surface area contributed by atoms with Crippen molar-refractivity contribution in [3.05, 3.63) is 28.5 Å². The van der Waals surface area contributed by atoms with Crippen LogP contribution in [0.5, 0.6) is 0 Å². The van der Waals surface area contributed by atoms with E-state index in [2.05, 4.69) is 27.8 Å². The fourth-order valence-corrected chi connectivity index (χ4v) is 3.05. The van der Waals surface area contributed by atoms with Crippen molar-refractivity contribution in [3.63, 3.8) is 0 Å². The number of nitrogens with zero attached hydrogens (tertiary/aromatic N) is 1. The number of pyridine rings is 1. The average molecular weight is 296 g/mol. The molecule has 17 heavy (non-hydrogen) atoms. The van der Waals surface area contributed by atoms with Crippen LogP contribution < -0.4 is 0 Å². The lowest BCUT2D eigenvalue weighted by atomic mass is 9.95. The highest BCUT2D eigenvalue weighted by molar-refractivity contribution is 9.10. The zero-order chi connectivity index (χ0) is 12.3. The van der Waals surface area contributed by atoms with Crippen LogP contribution in [0.1, 0.15) is 38.2 Å². The summed E-state index contributed by atoms with van der Waals surface area (Å²) in [5.74, 6) is 1.45. The first-order valence-electron chi connectivity index (χ1n) is 6.31. The van der Waals surface area contributed by atoms with E-state index in [1.807, 2.05) is 6.07 Å². The molecule has 0 aliphatic heterocycles. The normalized spacial score (nSPS) is 23.9. The molecule has 0 spiro atoms. The minimum absolute atomic E-state index is 0.291. The lowest BCUT2D eigenvalue weighted by molar-refractivity contribution is -0.122. The number of halogens is 1. The van der Waals surface area contributed by atoms with E-state index in [0.717, 1.165) is 28.8 Å². The van der Waals surface area contributed by atoms with Gasteiger partial charge in [-0.2, -0.15) is 0 Å². The van der Waals surface area contributed by atoms with E-state index in [1.165, 1.54) is 12.8 Å². The first-order chi connectivity index (χ1) is 8.19. The summed E-state index contributed by atoms with van der Waals surface area (Å²) in [7, 11) is 0. The van der Waals surface area contributed by atoms with Crippen LogP contribution in [0.4, 0.5) is 0 Å². The Balaban J connectivity index is 1.93. The van der Waals surface area contributed by atoms with E-state index < -0.39 is 0 Å². The van der Waals surface area contributed by atoms with Gasteiger partial charge in [-0.25, -0.2) is 0 Å². The molecule has 0 radical (unpaired) electrons. The van der Waals surface area contributed by atoms with E-state index in [9.17, 15) is 4.79 Å². The van der Waals surface area contributed by atoms with Gasteiger partial charge in [-0.3, -0.25) is 9.78 Å². The molecule has 2 rings (SSSR count). The van der Waals surface area contributed by atoms with Gasteiger partial charge in [0, 0.05) is 29.2 Å². The predicted molar refractivity (Wildman–Crippen MR) is 71.8 cm³/mol. The first-order valence-corrected chi connectivity index (χ1v) is 7.10. The van der Waals surface area contributed by atoms with Crippen LogP contribution >= 0.6 is 15.9 Å². The number of carbonyl (C=O) groups is 1. The Bertz CT molecular complexity index is 405. The van der Waals surface area contributed by atoms with Gasteiger partial charge in [0.1, 0.15) is 5.78 Å². The molecule has 0 N–H and O–H groups in total. The van der Waals surface area contributed by atoms with E-state index >= 15 is 0 Å². The number of rotatable bonds is 4. The molecule has 1 heterocycles. The maximum absolute atomic E-state index is 12.1. The molecule has 0 bridgehead atoms. The number of hydrogen-bond donors (Lipinski definition) is 0. The Labute approximate surface area is 111 Å². The lowest BCUT2D eigenvalue weighted by Crippen LogP contribution is -2.14. The standard InChI is InChI=1S/C14H18BrNO/c1-2-10-3-4-12(5-10)14(17)7-11-6-13(15)9-16-8-11/h6,8-10,12H,2-5,7H2,1H3. The monoisotopic (exact) mass is 295 g/mol. The molecular weight excluding hydrogens is 278 g/mol. The van der Waals surface area contributed by atoms with Crippen LogP contribution in [0.2, 0.25) is 0 Å². The maximum Gasteiger partial charge on any atom is 0.140 e. The highest BCUT2D eigenvalue weighted by Gasteiger charge is 2.28. The molecule has 1 saturated carbocycles. The highest BCUT2D eigenvalue weighted by Crippen LogP contribution is 2.34. The molecule has 3 heteroatoms. The second kappa shape index (κ2) is 5.76. The van der Waals surface area contributed by atoms with Crippen molar-refractivity contribution in [2.45, 2.75) is 39.0 Å². The van der Waals surface area contributed by atoms with Crippen LogP contribution in [0, 0.1) is 11.8 Å². The lowest BCUT2D eigenvalue weighted by Gasteiger charge is -2.09. The molecule has 0 aromatic carbocycles. The van der Waals surface area contributed by atoms with Crippen molar-refractivity contribution in [3.8, 4) is 0 Å². The molecule has 1 fully saturated rings. The summed E-state index contributed by atoms with van der Waals surface area (Å²) in [4.78, 5) is 16.2. The molecule has 92 valence electrons. The summed E-state index contributed by atoms with van der Waals surface area (Å²) in [6.07, 6.45) is 8.68. The zero-order valence-electron chi connectivity index (χ0n) is 10.2. The topological polar surface area (TPSA) is 30.0 Å². The SMILES string of the molecule is CCC1CCC(C(=O)Cc2cncc(Br)c2)C1. The van der Waals surface area contributed by atoms with Crippen molar-refractivity contribution in [1.29, 1.82) is 0 Å². The molecule has 1 aliphatic rings. The minimum atomic E-state index is 0.291. The number of carbonyl (C=O) groups excluding carboxylic acids is 1. The van der Waals surface area contributed by atoms with Crippen LogP contribution in [0.15, 0.2) is 22.9 Å². The highest BCUT2D eigenvalue weighted by atomic mass is 79.9. The minimum Gasteiger partial charge on any atom is -0.299 e. The first kappa shape index (κ1) is 12.7. The van der Waals surface area contributed by atoms with Crippen molar-refractivity contribution in [2.75, 3.05) is 0 Å². The summed E-state index contributed by atoms with van der Waals surface area (Å²) >= 11 is 3.38. The Morgan fingerprint density at radius 1 is 1.47 bits per heavy atom. The number of Topliss-reactive ketones (excluding diaryl/α,β-unsaturated/α-hetero) is 1. The van der Waals surface area contributed by atoms with E-state index in [-0.39, 0.29) is 0 Å². The number of aromatic nitrogens is 1. The molecule has 2 nitrogen and oxygen atoms in total. The fraction of sp³-hybridized carbons (Fsp3) is 0.571. The van der Waals surface area contributed by atoms with Gasteiger partial charge in [-0.05, 0) is 52.7 Å². The van der Waals surface area contributed by atoms with Gasteiger partial charge in [0.15, 0.2) is 0 Å². The van der Waals surface area contributed by atoms with Crippen molar-refractivity contribution >= 4 is 21.7 Å². The van der Waals surface area contributed by atoms with Gasteiger partial charge in [0.2, 0.25) is 0 Å². The Morgan fingerprint density at radius 3 is 2.94 bits per heavy atom. The zero-order valence-corrected chi connectivity index (χ0v) is 11.7. The third kappa shape index (κ3) is 3.38. The molecule has 0 saturated heterocycles. The summed E-state index contributed by atoms with van der Waals surface area (Å²) < 4.78 is 0.945. The summed E-state index contributed by atoms with van der Waals surface area (Å²) in [5, 5.41) is 0. The van der Waals surface area contributed by atoms with Gasteiger partial charge >= 0.3 is 0 Å². The maximum atomic E-state index is 12.1. The van der Waals surface area contributed by atoms with Gasteiger partial charge in [0.25, 0.3) is 0 Å². The smallest absolute Gasteiger partial charge is 0.140 e. The van der Waals surface area contributed by atoms with Crippen LogP contribution in [0.25, 0.3) is 0 Å².